The largest absolute Gasteiger partial charge is 0.478 e. The maximum atomic E-state index is 13.1. The van der Waals surface area contributed by atoms with Crippen LogP contribution in [0.15, 0.2) is 58.6 Å². The second kappa shape index (κ2) is 7.76. The van der Waals surface area contributed by atoms with E-state index in [4.69, 9.17) is 5.26 Å². The number of benzene rings is 2. The molecule has 0 bridgehead atoms. The first kappa shape index (κ1) is 21.3. The molecule has 10 heteroatoms. The lowest BCUT2D eigenvalue weighted by atomic mass is 9.94. The van der Waals surface area contributed by atoms with E-state index in [1.807, 2.05) is 6.07 Å². The Bertz CT molecular complexity index is 1120. The van der Waals surface area contributed by atoms with Crippen molar-refractivity contribution < 1.29 is 27.9 Å². The van der Waals surface area contributed by atoms with Gasteiger partial charge in [0.05, 0.1) is 34.5 Å². The number of nitrogens with zero attached hydrogens (tertiary/aromatic N) is 2. The third kappa shape index (κ3) is 3.84. The van der Waals surface area contributed by atoms with Crippen LogP contribution in [0.4, 0.5) is 23.7 Å². The second-order valence-electron chi connectivity index (χ2n) is 6.46. The van der Waals surface area contributed by atoms with Crippen molar-refractivity contribution in [1.29, 1.82) is 5.26 Å². The highest BCUT2D eigenvalue weighted by atomic mass is 32.1. The molecule has 6 nitrogen and oxygen atoms in total. The highest BCUT2D eigenvalue weighted by molar-refractivity contribution is 7.80. The summed E-state index contributed by atoms with van der Waals surface area (Å²) in [4.78, 5) is 26.0. The Morgan fingerprint density at radius 1 is 1.27 bits per heavy atom. The normalized spacial score (nSPS) is 16.9. The summed E-state index contributed by atoms with van der Waals surface area (Å²) in [5.74, 6) is -1.36. The summed E-state index contributed by atoms with van der Waals surface area (Å²) in [6.45, 7) is 1.34. The van der Waals surface area contributed by atoms with Gasteiger partial charge in [-0.25, -0.2) is 9.59 Å². The lowest BCUT2D eigenvalue weighted by molar-refractivity contribution is -0.137. The zero-order valence-corrected chi connectivity index (χ0v) is 16.3. The van der Waals surface area contributed by atoms with Gasteiger partial charge in [-0.15, -0.1) is 12.6 Å². The third-order valence-electron chi connectivity index (χ3n) is 4.62. The molecule has 0 aliphatic carbocycles. The number of nitrogens with one attached hydrogen (secondary N) is 1. The van der Waals surface area contributed by atoms with Crippen LogP contribution in [0.2, 0.25) is 0 Å². The van der Waals surface area contributed by atoms with E-state index in [2.05, 4.69) is 17.9 Å². The van der Waals surface area contributed by atoms with Crippen LogP contribution in [0, 0.1) is 11.3 Å². The van der Waals surface area contributed by atoms with E-state index in [-0.39, 0.29) is 17.0 Å². The second-order valence-corrected chi connectivity index (χ2v) is 6.94. The smallest absolute Gasteiger partial charge is 0.416 e. The van der Waals surface area contributed by atoms with Gasteiger partial charge >= 0.3 is 18.2 Å². The van der Waals surface area contributed by atoms with E-state index >= 15 is 0 Å². The van der Waals surface area contributed by atoms with E-state index in [0.717, 1.165) is 23.1 Å². The molecule has 0 aromatic heterocycles. The number of carboxylic acids is 1. The summed E-state index contributed by atoms with van der Waals surface area (Å²) >= 11 is 4.28. The summed E-state index contributed by atoms with van der Waals surface area (Å²) in [6.07, 6.45) is -4.62. The number of allylic oxidation sites excluding steroid dienone is 1. The van der Waals surface area contributed by atoms with Crippen LogP contribution >= 0.6 is 12.6 Å². The van der Waals surface area contributed by atoms with Crippen LogP contribution in [0.3, 0.4) is 0 Å². The first-order valence-electron chi connectivity index (χ1n) is 8.49. The Hall–Kier alpha value is -3.45. The molecular weight excluding hydrogens is 419 g/mol. The van der Waals surface area contributed by atoms with Crippen molar-refractivity contribution in [1.82, 2.24) is 5.32 Å². The molecule has 0 radical (unpaired) electrons. The fraction of sp³-hybridized carbons (Fsp3) is 0.150. The lowest BCUT2D eigenvalue weighted by Crippen LogP contribution is -2.48. The number of carboxylic acid groups (broad SMARTS) is 1. The fourth-order valence-electron chi connectivity index (χ4n) is 3.24. The van der Waals surface area contributed by atoms with Gasteiger partial charge in [-0.2, -0.15) is 18.4 Å². The number of urea groups is 1. The Balaban J connectivity index is 2.14. The quantitative estimate of drug-likeness (QED) is 0.622. The van der Waals surface area contributed by atoms with Crippen LogP contribution < -0.4 is 10.2 Å². The van der Waals surface area contributed by atoms with Gasteiger partial charge < -0.3 is 10.4 Å². The number of nitriles is 1. The van der Waals surface area contributed by atoms with Gasteiger partial charge in [0.1, 0.15) is 0 Å². The molecule has 0 spiro atoms. The summed E-state index contributed by atoms with van der Waals surface area (Å²) in [5, 5.41) is 21.3. The van der Waals surface area contributed by atoms with Gasteiger partial charge in [-0.3, -0.25) is 4.90 Å². The van der Waals surface area contributed by atoms with E-state index in [1.54, 1.807) is 0 Å². The zero-order chi connectivity index (χ0) is 22.2. The number of halogens is 3. The first-order chi connectivity index (χ1) is 14.0. The topological polar surface area (TPSA) is 93.4 Å². The minimum Gasteiger partial charge on any atom is -0.478 e. The number of thiol groups is 1. The third-order valence-corrected chi connectivity index (χ3v) is 5.00. The number of hydrogen-bond donors (Lipinski definition) is 3. The van der Waals surface area contributed by atoms with Gasteiger partial charge in [-0.05, 0) is 42.8 Å². The van der Waals surface area contributed by atoms with Crippen LogP contribution in [-0.4, -0.2) is 17.1 Å². The van der Waals surface area contributed by atoms with E-state index in [9.17, 15) is 27.9 Å². The molecule has 2 aromatic rings. The van der Waals surface area contributed by atoms with Crippen LogP contribution in [-0.2, 0) is 11.0 Å². The number of amides is 2. The SMILES string of the molecule is CC1=C(C(=O)O)[C@@H](c2ccc(C#N)cc2S)NC(=O)N1c1cccc(C(F)(F)F)c1. The minimum absolute atomic E-state index is 0.0346. The molecule has 3 rings (SSSR count). The highest BCUT2D eigenvalue weighted by Crippen LogP contribution is 2.38. The van der Waals surface area contributed by atoms with Gasteiger partial charge in [0, 0.05) is 10.6 Å². The Morgan fingerprint density at radius 2 is 1.97 bits per heavy atom. The van der Waals surface area contributed by atoms with Crippen LogP contribution in [0.25, 0.3) is 0 Å². The van der Waals surface area contributed by atoms with E-state index in [0.29, 0.717) is 16.0 Å². The molecule has 1 aliphatic heterocycles. The predicted octanol–water partition coefficient (Wildman–Crippen LogP) is 4.50. The predicted molar refractivity (Wildman–Crippen MR) is 104 cm³/mol. The number of anilines is 1. The van der Waals surface area contributed by atoms with E-state index in [1.165, 1.54) is 31.2 Å². The monoisotopic (exact) mass is 433 g/mol. The molecule has 0 unspecified atom stereocenters. The highest BCUT2D eigenvalue weighted by Gasteiger charge is 2.38. The van der Waals surface area contributed by atoms with Crippen LogP contribution in [0.1, 0.15) is 29.7 Å². The van der Waals surface area contributed by atoms with Crippen molar-refractivity contribution in [3.63, 3.8) is 0 Å². The lowest BCUT2D eigenvalue weighted by Gasteiger charge is -2.35. The van der Waals surface area contributed by atoms with Gasteiger partial charge in [0.15, 0.2) is 0 Å². The van der Waals surface area contributed by atoms with Gasteiger partial charge in [0.25, 0.3) is 0 Å². The van der Waals surface area contributed by atoms with Gasteiger partial charge in [0.2, 0.25) is 0 Å². The molecule has 154 valence electrons. The summed E-state index contributed by atoms with van der Waals surface area (Å²) in [6, 6.07) is 8.44. The maximum Gasteiger partial charge on any atom is 0.416 e. The van der Waals surface area contributed by atoms with Crippen molar-refractivity contribution >= 4 is 30.3 Å². The molecule has 1 atom stereocenters. The molecule has 30 heavy (non-hydrogen) atoms. The first-order valence-corrected chi connectivity index (χ1v) is 8.94. The van der Waals surface area contributed by atoms with Crippen molar-refractivity contribution in [2.45, 2.75) is 24.0 Å². The summed E-state index contributed by atoms with van der Waals surface area (Å²) < 4.78 is 39.2. The molecule has 1 aliphatic rings. The number of carbonyl (C=O) groups excluding carboxylic acids is 1. The number of rotatable bonds is 3. The number of carbonyl (C=O) groups is 2. The van der Waals surface area contributed by atoms with Crippen molar-refractivity contribution in [3.8, 4) is 6.07 Å². The molecular formula is C20H14F3N3O3S. The standard InChI is InChI=1S/C20H14F3N3O3S/c1-10-16(18(27)28)17(14-6-5-11(9-24)7-15(14)30)25-19(29)26(10)13-4-2-3-12(8-13)20(21,22)23/h2-8,17,30H,1H3,(H,25,29)(H,27,28)/t17-/m1/s1. The molecule has 1 heterocycles. The minimum atomic E-state index is -4.62. The zero-order valence-electron chi connectivity index (χ0n) is 15.4. The van der Waals surface area contributed by atoms with Crippen LogP contribution in [0.5, 0.6) is 0 Å². The van der Waals surface area contributed by atoms with E-state index < -0.39 is 29.8 Å². The molecule has 0 saturated carbocycles. The Kier molecular flexibility index (Phi) is 5.50. The number of hydrogen-bond acceptors (Lipinski definition) is 4. The molecule has 0 fully saturated rings. The maximum absolute atomic E-state index is 13.1. The number of aliphatic carboxylic acids is 1. The molecule has 2 amide bonds. The average Bonchev–Trinajstić information content (AvgIpc) is 2.66. The fourth-order valence-corrected chi connectivity index (χ4v) is 3.59. The van der Waals surface area contributed by atoms with Crippen molar-refractivity contribution in [3.05, 3.63) is 70.4 Å². The average molecular weight is 433 g/mol. The summed E-state index contributed by atoms with van der Waals surface area (Å²) in [5.41, 5.74) is -0.716. The Morgan fingerprint density at radius 3 is 2.53 bits per heavy atom. The van der Waals surface area contributed by atoms with Crippen molar-refractivity contribution in [2.24, 2.45) is 0 Å². The molecule has 2 aromatic carbocycles. The molecule has 2 N–H and O–H groups in total. The summed E-state index contributed by atoms with van der Waals surface area (Å²) in [7, 11) is 0. The molecule has 0 saturated heterocycles. The van der Waals surface area contributed by atoms with Crippen molar-refractivity contribution in [2.75, 3.05) is 4.90 Å². The number of alkyl halides is 3. The Labute approximate surface area is 174 Å². The van der Waals surface area contributed by atoms with Gasteiger partial charge in [-0.1, -0.05) is 12.1 Å².